The number of thiophene rings is 2. The van der Waals surface area contributed by atoms with E-state index in [1.807, 2.05) is 45.8 Å². The first-order valence-electron chi connectivity index (χ1n) is 5.91. The van der Waals surface area contributed by atoms with Gasteiger partial charge in [0.2, 0.25) is 0 Å². The van der Waals surface area contributed by atoms with Crippen molar-refractivity contribution in [1.29, 1.82) is 0 Å². The van der Waals surface area contributed by atoms with E-state index in [2.05, 4.69) is 0 Å². The average Bonchev–Trinajstić information content (AvgIpc) is 3.07. The average molecular weight is 288 g/mol. The lowest BCUT2D eigenvalue weighted by Crippen LogP contribution is -2.21. The van der Waals surface area contributed by atoms with Crippen molar-refractivity contribution in [2.45, 2.75) is 0 Å². The highest BCUT2D eigenvalue weighted by atomic mass is 32.1. The third kappa shape index (κ3) is 2.92. The fraction of sp³-hybridized carbons (Fsp3) is 0.133. The molecule has 0 aliphatic carbocycles. The van der Waals surface area contributed by atoms with E-state index < -0.39 is 0 Å². The second-order valence-electron chi connectivity index (χ2n) is 4.27. The van der Waals surface area contributed by atoms with Crippen LogP contribution in [0.15, 0.2) is 44.8 Å². The van der Waals surface area contributed by atoms with Crippen LogP contribution >= 0.6 is 22.7 Å². The maximum Gasteiger partial charge on any atom is 0.189 e. The number of ketones is 1. The molecule has 0 amide bonds. The third-order valence-corrected chi connectivity index (χ3v) is 4.27. The van der Waals surface area contributed by atoms with Crippen molar-refractivity contribution >= 4 is 40.6 Å². The van der Waals surface area contributed by atoms with Crippen LogP contribution in [0, 0.1) is 0 Å². The topological polar surface area (TPSA) is 26.3 Å². The second kappa shape index (κ2) is 5.65. The predicted molar refractivity (Wildman–Crippen MR) is 80.4 cm³/mol. The van der Waals surface area contributed by atoms with Crippen molar-refractivity contribution in [2.24, 2.45) is 0 Å². The Labute approximate surface area is 119 Å². The predicted octanol–water partition coefficient (Wildman–Crippen LogP) is 3.88. The molecule has 1 fully saturated rings. The summed E-state index contributed by atoms with van der Waals surface area (Å²) in [6, 6.07) is 4.00. The van der Waals surface area contributed by atoms with Gasteiger partial charge in [-0.15, -0.1) is 0 Å². The van der Waals surface area contributed by atoms with Crippen molar-refractivity contribution < 1.29 is 9.53 Å². The maximum atomic E-state index is 12.4. The number of ether oxygens (including phenoxy) is 1. The first-order valence-corrected chi connectivity index (χ1v) is 7.79. The number of Topliss-reactive ketones (excluding diaryl/α,β-unsaturated/α-hetero) is 1. The summed E-state index contributed by atoms with van der Waals surface area (Å²) in [5.74, 6) is 0.101. The van der Waals surface area contributed by atoms with Gasteiger partial charge >= 0.3 is 0 Å². The molecule has 4 heteroatoms. The van der Waals surface area contributed by atoms with Crippen LogP contribution in [0.5, 0.6) is 0 Å². The van der Waals surface area contributed by atoms with Crippen LogP contribution in [-0.2, 0) is 9.53 Å². The molecule has 2 aromatic rings. The minimum atomic E-state index is 0.101. The number of carbonyl (C=O) groups is 1. The van der Waals surface area contributed by atoms with Crippen LogP contribution < -0.4 is 0 Å². The molecular weight excluding hydrogens is 276 g/mol. The van der Waals surface area contributed by atoms with Gasteiger partial charge in [-0.3, -0.25) is 4.79 Å². The molecule has 0 saturated carbocycles. The molecule has 1 aliphatic heterocycles. The summed E-state index contributed by atoms with van der Waals surface area (Å²) in [7, 11) is 0. The third-order valence-electron chi connectivity index (χ3n) is 2.87. The van der Waals surface area contributed by atoms with Crippen molar-refractivity contribution in [1.82, 2.24) is 0 Å². The van der Waals surface area contributed by atoms with Crippen molar-refractivity contribution in [3.63, 3.8) is 0 Å². The quantitative estimate of drug-likeness (QED) is 0.784. The lowest BCUT2D eigenvalue weighted by molar-refractivity contribution is -0.114. The summed E-state index contributed by atoms with van der Waals surface area (Å²) in [6.07, 6.45) is 3.83. The number of rotatable bonds is 2. The number of hydrogen-bond acceptors (Lipinski definition) is 4. The van der Waals surface area contributed by atoms with Gasteiger partial charge < -0.3 is 4.74 Å². The zero-order valence-corrected chi connectivity index (χ0v) is 11.8. The fourth-order valence-corrected chi connectivity index (χ4v) is 3.18. The van der Waals surface area contributed by atoms with Crippen molar-refractivity contribution in [2.75, 3.05) is 13.2 Å². The van der Waals surface area contributed by atoms with E-state index in [1.54, 1.807) is 22.7 Å². The van der Waals surface area contributed by atoms with Crippen LogP contribution in [0.2, 0.25) is 0 Å². The van der Waals surface area contributed by atoms with Gasteiger partial charge in [0.05, 0.1) is 13.2 Å². The molecule has 2 nitrogen and oxygen atoms in total. The van der Waals surface area contributed by atoms with E-state index in [1.165, 1.54) is 0 Å². The van der Waals surface area contributed by atoms with Gasteiger partial charge in [0.1, 0.15) is 0 Å². The normalized spacial score (nSPS) is 20.3. The summed E-state index contributed by atoms with van der Waals surface area (Å²) < 4.78 is 5.51. The maximum absolute atomic E-state index is 12.4. The van der Waals surface area contributed by atoms with E-state index in [9.17, 15) is 4.79 Å². The minimum Gasteiger partial charge on any atom is -0.372 e. The highest BCUT2D eigenvalue weighted by Crippen LogP contribution is 2.21. The van der Waals surface area contributed by atoms with Gasteiger partial charge in [-0.05, 0) is 56.9 Å². The molecule has 2 aromatic heterocycles. The largest absolute Gasteiger partial charge is 0.372 e. The van der Waals surface area contributed by atoms with Crippen LogP contribution in [-0.4, -0.2) is 19.0 Å². The van der Waals surface area contributed by atoms with Gasteiger partial charge in [-0.1, -0.05) is 0 Å². The Kier molecular flexibility index (Phi) is 3.73. The Morgan fingerprint density at radius 1 is 0.947 bits per heavy atom. The highest BCUT2D eigenvalue weighted by molar-refractivity contribution is 7.08. The molecule has 0 bridgehead atoms. The van der Waals surface area contributed by atoms with Crippen LogP contribution in [0.25, 0.3) is 12.2 Å². The molecule has 0 radical (unpaired) electrons. The number of hydrogen-bond donors (Lipinski definition) is 0. The Morgan fingerprint density at radius 2 is 1.47 bits per heavy atom. The Hall–Kier alpha value is -1.49. The van der Waals surface area contributed by atoms with Crippen LogP contribution in [0.1, 0.15) is 11.1 Å². The summed E-state index contributed by atoms with van der Waals surface area (Å²) >= 11 is 3.25. The van der Waals surface area contributed by atoms with E-state index in [0.717, 1.165) is 22.3 Å². The first kappa shape index (κ1) is 12.5. The molecule has 3 rings (SSSR count). The highest BCUT2D eigenvalue weighted by Gasteiger charge is 2.21. The van der Waals surface area contributed by atoms with E-state index in [4.69, 9.17) is 4.74 Å². The zero-order valence-electron chi connectivity index (χ0n) is 10.2. The summed E-state index contributed by atoms with van der Waals surface area (Å²) in [6.45, 7) is 0.797. The summed E-state index contributed by atoms with van der Waals surface area (Å²) in [4.78, 5) is 12.4. The second-order valence-corrected chi connectivity index (χ2v) is 5.83. The minimum absolute atomic E-state index is 0.101. The van der Waals surface area contributed by atoms with E-state index in [0.29, 0.717) is 13.2 Å². The molecule has 3 heterocycles. The first-order chi connectivity index (χ1) is 9.33. The van der Waals surface area contributed by atoms with Crippen LogP contribution in [0.3, 0.4) is 0 Å². The van der Waals surface area contributed by atoms with E-state index >= 15 is 0 Å². The molecule has 1 saturated heterocycles. The smallest absolute Gasteiger partial charge is 0.189 e. The molecule has 1 aliphatic rings. The van der Waals surface area contributed by atoms with Gasteiger partial charge in [0.15, 0.2) is 5.78 Å². The Bertz CT molecular complexity index is 565. The summed E-state index contributed by atoms with van der Waals surface area (Å²) in [5, 5.41) is 8.06. The number of carbonyl (C=O) groups excluding carboxylic acids is 1. The standard InChI is InChI=1S/C15H12O2S2/c16-15-13(5-11-1-3-18-9-11)7-17-8-14(15)6-12-2-4-19-10-12/h1-6,9-10H,7-8H2/b13-5+,14-6+. The van der Waals surface area contributed by atoms with E-state index in [-0.39, 0.29) is 5.78 Å². The fourth-order valence-electron chi connectivity index (χ4n) is 1.94. The molecule has 0 N–H and O–H groups in total. The van der Waals surface area contributed by atoms with Gasteiger partial charge in [-0.25, -0.2) is 0 Å². The van der Waals surface area contributed by atoms with Crippen molar-refractivity contribution in [3.8, 4) is 0 Å². The molecule has 0 atom stereocenters. The van der Waals surface area contributed by atoms with Gasteiger partial charge in [0.25, 0.3) is 0 Å². The molecule has 0 spiro atoms. The van der Waals surface area contributed by atoms with Crippen molar-refractivity contribution in [3.05, 3.63) is 55.9 Å². The molecule has 0 unspecified atom stereocenters. The molecular formula is C15H12O2S2. The molecule has 19 heavy (non-hydrogen) atoms. The molecule has 0 aromatic carbocycles. The molecule has 96 valence electrons. The summed E-state index contributed by atoms with van der Waals surface area (Å²) in [5.41, 5.74) is 3.58. The lowest BCUT2D eigenvalue weighted by Gasteiger charge is -2.17. The van der Waals surface area contributed by atoms with Crippen LogP contribution in [0.4, 0.5) is 0 Å². The SMILES string of the molecule is O=C1/C(=C/c2ccsc2)COC/C1=C\c1ccsc1. The van der Waals surface area contributed by atoms with Gasteiger partial charge in [0, 0.05) is 11.1 Å². The Balaban J connectivity index is 1.87. The zero-order chi connectivity index (χ0) is 13.1. The Morgan fingerprint density at radius 3 is 1.89 bits per heavy atom. The monoisotopic (exact) mass is 288 g/mol. The van der Waals surface area contributed by atoms with Gasteiger partial charge in [-0.2, -0.15) is 22.7 Å². The lowest BCUT2D eigenvalue weighted by atomic mass is 9.99.